The van der Waals surface area contributed by atoms with E-state index in [0.29, 0.717) is 6.54 Å². The van der Waals surface area contributed by atoms with Crippen LogP contribution in [-0.2, 0) is 9.53 Å². The van der Waals surface area contributed by atoms with Crippen molar-refractivity contribution in [3.63, 3.8) is 0 Å². The maximum atomic E-state index is 12.3. The highest BCUT2D eigenvalue weighted by atomic mass is 32.1. The number of ether oxygens (including phenoxy) is 1. The van der Waals surface area contributed by atoms with Crippen LogP contribution in [0.3, 0.4) is 0 Å². The predicted octanol–water partition coefficient (Wildman–Crippen LogP) is 1.79. The van der Waals surface area contributed by atoms with Crippen molar-refractivity contribution in [2.24, 2.45) is 0 Å². The highest BCUT2D eigenvalue weighted by molar-refractivity contribution is 7.81. The first-order valence-corrected chi connectivity index (χ1v) is 8.34. The molecule has 22 heavy (non-hydrogen) atoms. The minimum absolute atomic E-state index is 0.139. The Labute approximate surface area is 137 Å². The highest BCUT2D eigenvalue weighted by Gasteiger charge is 2.40. The topological polar surface area (TPSA) is 36.0 Å². The van der Waals surface area contributed by atoms with Gasteiger partial charge in [-0.05, 0) is 38.1 Å². The van der Waals surface area contributed by atoms with Crippen LogP contribution in [0.1, 0.15) is 13.8 Å². The van der Waals surface area contributed by atoms with E-state index in [1.54, 1.807) is 4.90 Å². The number of carbonyl (C=O) groups excluding carboxylic acids is 1. The Morgan fingerprint density at radius 1 is 1.18 bits per heavy atom. The van der Waals surface area contributed by atoms with Crippen molar-refractivity contribution in [1.29, 1.82) is 0 Å². The zero-order valence-corrected chi connectivity index (χ0v) is 14.0. The number of morpholine rings is 1. The van der Waals surface area contributed by atoms with Gasteiger partial charge in [-0.15, -0.1) is 12.6 Å². The van der Waals surface area contributed by atoms with Gasteiger partial charge in [-0.3, -0.25) is 4.79 Å². The fourth-order valence-corrected chi connectivity index (χ4v) is 3.77. The van der Waals surface area contributed by atoms with Crippen molar-refractivity contribution in [3.8, 4) is 0 Å². The summed E-state index contributed by atoms with van der Waals surface area (Å²) in [5, 5.41) is 0. The Balaban J connectivity index is 1.79. The average molecular weight is 321 g/mol. The summed E-state index contributed by atoms with van der Waals surface area (Å²) in [4.78, 5) is 18.4. The molecule has 0 radical (unpaired) electrons. The number of hydrogen-bond donors (Lipinski definition) is 1. The van der Waals surface area contributed by atoms with Gasteiger partial charge in [-0.1, -0.05) is 0 Å². The van der Waals surface area contributed by atoms with Gasteiger partial charge in [0.2, 0.25) is 5.91 Å². The summed E-state index contributed by atoms with van der Waals surface area (Å²) < 4.78 is 5.39. The van der Waals surface area contributed by atoms with Gasteiger partial charge in [0.1, 0.15) is 6.04 Å². The third-order valence-electron chi connectivity index (χ3n) is 4.45. The molecule has 1 amide bonds. The number of thiol groups is 1. The molecule has 2 aliphatic heterocycles. The van der Waals surface area contributed by atoms with Gasteiger partial charge in [0.05, 0.1) is 13.2 Å². The van der Waals surface area contributed by atoms with Crippen LogP contribution in [0, 0.1) is 0 Å². The van der Waals surface area contributed by atoms with E-state index in [-0.39, 0.29) is 17.4 Å². The molecule has 0 bridgehead atoms. The fraction of sp³-hybridized carbons (Fsp3) is 0.562. The smallest absolute Gasteiger partial charge is 0.247 e. The molecule has 2 aliphatic rings. The highest BCUT2D eigenvalue weighted by Crippen LogP contribution is 2.31. The number of anilines is 2. The number of likely N-dealkylation sites (N-methyl/N-ethyl adjacent to an activating group) is 1. The molecule has 2 fully saturated rings. The van der Waals surface area contributed by atoms with E-state index >= 15 is 0 Å². The zero-order chi connectivity index (χ0) is 15.7. The molecule has 0 aromatic heterocycles. The number of rotatable bonds is 3. The van der Waals surface area contributed by atoms with Crippen molar-refractivity contribution >= 4 is 29.9 Å². The van der Waals surface area contributed by atoms with Gasteiger partial charge in [-0.25, -0.2) is 0 Å². The Morgan fingerprint density at radius 3 is 2.32 bits per heavy atom. The van der Waals surface area contributed by atoms with E-state index in [2.05, 4.69) is 46.7 Å². The van der Waals surface area contributed by atoms with Crippen molar-refractivity contribution < 1.29 is 9.53 Å². The van der Waals surface area contributed by atoms with Gasteiger partial charge < -0.3 is 19.4 Å². The van der Waals surface area contributed by atoms with Gasteiger partial charge >= 0.3 is 0 Å². The van der Waals surface area contributed by atoms with Gasteiger partial charge in [-0.2, -0.15) is 0 Å². The lowest BCUT2D eigenvalue weighted by Crippen LogP contribution is -2.37. The molecule has 1 aromatic carbocycles. The van der Waals surface area contributed by atoms with Crippen LogP contribution in [0.2, 0.25) is 0 Å². The van der Waals surface area contributed by atoms with Crippen molar-refractivity contribution in [3.05, 3.63) is 24.3 Å². The summed E-state index contributed by atoms with van der Waals surface area (Å²) in [7, 11) is 0. The minimum Gasteiger partial charge on any atom is -0.378 e. The number of carbonyl (C=O) groups is 1. The van der Waals surface area contributed by atoms with Crippen molar-refractivity contribution in [1.82, 2.24) is 4.90 Å². The van der Waals surface area contributed by atoms with Gasteiger partial charge in [0.15, 0.2) is 5.50 Å². The van der Waals surface area contributed by atoms with Crippen LogP contribution in [0.5, 0.6) is 0 Å². The molecule has 2 unspecified atom stereocenters. The van der Waals surface area contributed by atoms with Crippen LogP contribution in [-0.4, -0.2) is 55.2 Å². The van der Waals surface area contributed by atoms with Crippen LogP contribution < -0.4 is 9.80 Å². The molecule has 120 valence electrons. The van der Waals surface area contributed by atoms with Crippen molar-refractivity contribution in [2.45, 2.75) is 25.4 Å². The van der Waals surface area contributed by atoms with Crippen LogP contribution >= 0.6 is 12.6 Å². The third-order valence-corrected chi connectivity index (χ3v) is 4.98. The molecular weight excluding hydrogens is 298 g/mol. The maximum absolute atomic E-state index is 12.3. The van der Waals surface area contributed by atoms with Crippen LogP contribution in [0.25, 0.3) is 0 Å². The molecule has 0 spiro atoms. The Hall–Kier alpha value is -1.40. The summed E-state index contributed by atoms with van der Waals surface area (Å²) >= 11 is 4.62. The molecule has 0 aliphatic carbocycles. The molecule has 1 aromatic rings. The Morgan fingerprint density at radius 2 is 1.77 bits per heavy atom. The Kier molecular flexibility index (Phi) is 4.49. The monoisotopic (exact) mass is 321 g/mol. The molecule has 3 rings (SSSR count). The second-order valence-electron chi connectivity index (χ2n) is 5.67. The quantitative estimate of drug-likeness (QED) is 0.861. The molecule has 2 atom stereocenters. The summed E-state index contributed by atoms with van der Waals surface area (Å²) in [6.07, 6.45) is 0. The zero-order valence-electron chi connectivity index (χ0n) is 13.1. The van der Waals surface area contributed by atoms with E-state index in [1.165, 1.54) is 5.69 Å². The average Bonchev–Trinajstić information content (AvgIpc) is 2.78. The number of benzene rings is 1. The standard InChI is InChI=1S/C16H23N3O2S/c1-3-18-15(20)12(2)19(16(18)22)14-6-4-13(5-7-14)17-8-10-21-11-9-17/h4-7,12,16,22H,3,8-11H2,1-2H3. The predicted molar refractivity (Wildman–Crippen MR) is 91.6 cm³/mol. The first-order chi connectivity index (χ1) is 10.6. The number of hydrogen-bond acceptors (Lipinski definition) is 5. The number of nitrogens with zero attached hydrogens (tertiary/aromatic N) is 3. The van der Waals surface area contributed by atoms with Gasteiger partial charge in [0.25, 0.3) is 0 Å². The normalized spacial score (nSPS) is 26.0. The minimum atomic E-state index is -0.193. The lowest BCUT2D eigenvalue weighted by molar-refractivity contribution is -0.128. The molecule has 2 saturated heterocycles. The summed E-state index contributed by atoms with van der Waals surface area (Å²) in [6, 6.07) is 8.23. The third kappa shape index (κ3) is 2.65. The first-order valence-electron chi connectivity index (χ1n) is 7.83. The van der Waals surface area contributed by atoms with E-state index in [9.17, 15) is 4.79 Å². The molecule has 0 N–H and O–H groups in total. The lowest BCUT2D eigenvalue weighted by Gasteiger charge is -2.31. The van der Waals surface area contributed by atoms with Gasteiger partial charge in [0, 0.05) is 31.0 Å². The number of amides is 1. The van der Waals surface area contributed by atoms with E-state index < -0.39 is 0 Å². The second-order valence-corrected chi connectivity index (χ2v) is 6.13. The Bertz CT molecular complexity index is 531. The summed E-state index contributed by atoms with van der Waals surface area (Å²) in [6.45, 7) is 8.02. The van der Waals surface area contributed by atoms with Crippen molar-refractivity contribution in [2.75, 3.05) is 42.6 Å². The fourth-order valence-electron chi connectivity index (χ4n) is 3.16. The van der Waals surface area contributed by atoms with E-state index in [1.807, 2.05) is 13.8 Å². The largest absolute Gasteiger partial charge is 0.378 e. The summed E-state index contributed by atoms with van der Waals surface area (Å²) in [5.41, 5.74) is 2.05. The molecular formula is C16H23N3O2S. The molecule has 6 heteroatoms. The van der Waals surface area contributed by atoms with Crippen LogP contribution in [0.4, 0.5) is 11.4 Å². The second kappa shape index (κ2) is 6.38. The van der Waals surface area contributed by atoms with E-state index in [0.717, 1.165) is 32.0 Å². The first kappa shape index (κ1) is 15.5. The molecule has 2 heterocycles. The van der Waals surface area contributed by atoms with Crippen LogP contribution in [0.15, 0.2) is 24.3 Å². The molecule has 5 nitrogen and oxygen atoms in total. The maximum Gasteiger partial charge on any atom is 0.247 e. The van der Waals surface area contributed by atoms with E-state index in [4.69, 9.17) is 4.74 Å². The lowest BCUT2D eigenvalue weighted by atomic mass is 10.2. The summed E-state index contributed by atoms with van der Waals surface area (Å²) in [5.74, 6) is 0.139. The molecule has 0 saturated carbocycles. The SMILES string of the molecule is CCN1C(=O)C(C)N(c2ccc(N3CCOCC3)cc2)C1S.